The third-order valence-electron chi connectivity index (χ3n) is 11.0. The molecule has 6 nitrogen and oxygen atoms in total. The van der Waals surface area contributed by atoms with E-state index in [2.05, 4.69) is 124 Å². The second-order valence-electron chi connectivity index (χ2n) is 14.2. The van der Waals surface area contributed by atoms with E-state index in [1.807, 2.05) is 66.9 Å². The van der Waals surface area contributed by atoms with Gasteiger partial charge in [-0.1, -0.05) is 127 Å². The number of hydrogen-bond acceptors (Lipinski definition) is 5. The number of rotatable bonds is 5. The minimum atomic E-state index is 0.619. The normalized spacial score (nSPS) is 11.9. The third kappa shape index (κ3) is 4.83. The minimum absolute atomic E-state index is 0.619. The van der Waals surface area contributed by atoms with Crippen LogP contribution in [0.3, 0.4) is 0 Å². The third-order valence-corrected chi connectivity index (χ3v) is 12.1. The lowest BCUT2D eigenvalue weighted by atomic mass is 10.0. The van der Waals surface area contributed by atoms with Crippen LogP contribution in [0, 0.1) is 0 Å². The van der Waals surface area contributed by atoms with Crippen molar-refractivity contribution in [3.63, 3.8) is 0 Å². The number of para-hydroxylation sites is 3. The maximum Gasteiger partial charge on any atom is 0.164 e. The number of fused-ring (bicyclic) bond motifs is 12. The fraction of sp³-hybridized carbons (Fsp3) is 0. The SMILES string of the molecule is c1ccc(-c2nc(-c3ccccc3)nc(-c3cccc(-n4c5ccccc5c5c4c4sc6ncccc6c4c4c6ccccc6n(-c6ccccc6)c45)c3)n2)cc1. The Labute approximate surface area is 330 Å². The molecule has 0 aliphatic rings. The van der Waals surface area contributed by atoms with Crippen molar-refractivity contribution in [1.82, 2.24) is 29.1 Å². The lowest BCUT2D eigenvalue weighted by Crippen LogP contribution is -2.01. The molecule has 0 saturated heterocycles. The predicted molar refractivity (Wildman–Crippen MR) is 235 cm³/mol. The molecule has 57 heavy (non-hydrogen) atoms. The molecule has 0 bridgehead atoms. The lowest BCUT2D eigenvalue weighted by Gasteiger charge is -2.13. The van der Waals surface area contributed by atoms with Crippen LogP contribution in [-0.4, -0.2) is 29.1 Å². The smallest absolute Gasteiger partial charge is 0.164 e. The molecule has 7 heteroatoms. The first-order valence-corrected chi connectivity index (χ1v) is 19.8. The van der Waals surface area contributed by atoms with Gasteiger partial charge >= 0.3 is 0 Å². The Balaban J connectivity index is 1.21. The predicted octanol–water partition coefficient (Wildman–Crippen LogP) is 12.8. The quantitative estimate of drug-likeness (QED) is 0.176. The van der Waals surface area contributed by atoms with E-state index in [0.717, 1.165) is 49.3 Å². The second-order valence-corrected chi connectivity index (χ2v) is 15.2. The van der Waals surface area contributed by atoms with Crippen LogP contribution in [-0.2, 0) is 0 Å². The molecule has 5 aromatic heterocycles. The Morgan fingerprint density at radius 3 is 1.56 bits per heavy atom. The molecule has 12 rings (SSSR count). The summed E-state index contributed by atoms with van der Waals surface area (Å²) in [7, 11) is 0. The molecule has 266 valence electrons. The molecule has 0 radical (unpaired) electrons. The van der Waals surface area contributed by atoms with Crippen LogP contribution in [0.25, 0.3) is 109 Å². The molecule has 0 N–H and O–H groups in total. The standard InChI is InChI=1S/C50H30N6S/c1-4-16-31(17-5-1)47-52-48(32-18-6-2-7-19-32)54-49(53-47)33-20-14-23-35(30-33)56-40-28-13-11-25-37(40)43-44-41(42-38-26-15-29-51-50(38)57-46(42)45(43)56)36-24-10-12-27-39(36)55(44)34-21-8-3-9-22-34/h1-30H. The van der Waals surface area contributed by atoms with Gasteiger partial charge in [0.15, 0.2) is 17.5 Å². The minimum Gasteiger partial charge on any atom is -0.309 e. The fourth-order valence-electron chi connectivity index (χ4n) is 8.61. The highest BCUT2D eigenvalue weighted by atomic mass is 32.1. The van der Waals surface area contributed by atoms with Crippen molar-refractivity contribution in [2.24, 2.45) is 0 Å². The van der Waals surface area contributed by atoms with E-state index in [0.29, 0.717) is 17.5 Å². The highest BCUT2D eigenvalue weighted by Crippen LogP contribution is 2.50. The Kier molecular flexibility index (Phi) is 7.00. The summed E-state index contributed by atoms with van der Waals surface area (Å²) in [5, 5.41) is 7.27. The van der Waals surface area contributed by atoms with Crippen LogP contribution in [0.5, 0.6) is 0 Å². The Morgan fingerprint density at radius 1 is 0.386 bits per heavy atom. The van der Waals surface area contributed by atoms with Crippen molar-refractivity contribution in [1.29, 1.82) is 0 Å². The number of hydrogen-bond donors (Lipinski definition) is 0. The average Bonchev–Trinajstić information content (AvgIpc) is 3.95. The fourth-order valence-corrected chi connectivity index (χ4v) is 9.80. The van der Waals surface area contributed by atoms with E-state index < -0.39 is 0 Å². The van der Waals surface area contributed by atoms with Crippen LogP contribution in [0.15, 0.2) is 182 Å². The van der Waals surface area contributed by atoms with Gasteiger partial charge in [0.2, 0.25) is 0 Å². The highest BCUT2D eigenvalue weighted by Gasteiger charge is 2.27. The van der Waals surface area contributed by atoms with Crippen LogP contribution in [0.2, 0.25) is 0 Å². The molecule has 0 aliphatic heterocycles. The zero-order valence-electron chi connectivity index (χ0n) is 30.4. The van der Waals surface area contributed by atoms with Crippen molar-refractivity contribution >= 4 is 75.3 Å². The molecule has 5 heterocycles. The average molecular weight is 747 g/mol. The molecule has 0 amide bonds. The van der Waals surface area contributed by atoms with Gasteiger partial charge in [-0.2, -0.15) is 0 Å². The molecule has 0 saturated carbocycles. The molecule has 0 unspecified atom stereocenters. The van der Waals surface area contributed by atoms with Gasteiger partial charge in [0.05, 0.1) is 26.8 Å². The second kappa shape index (κ2) is 12.5. The van der Waals surface area contributed by atoms with Gasteiger partial charge in [-0.15, -0.1) is 11.3 Å². The van der Waals surface area contributed by atoms with Gasteiger partial charge in [-0.05, 0) is 48.5 Å². The highest BCUT2D eigenvalue weighted by molar-refractivity contribution is 7.26. The van der Waals surface area contributed by atoms with Crippen LogP contribution in [0.4, 0.5) is 0 Å². The summed E-state index contributed by atoms with van der Waals surface area (Å²) in [6.45, 7) is 0. The van der Waals surface area contributed by atoms with E-state index in [1.54, 1.807) is 11.3 Å². The number of pyridine rings is 1. The van der Waals surface area contributed by atoms with Gasteiger partial charge in [-0.3, -0.25) is 0 Å². The van der Waals surface area contributed by atoms with Crippen molar-refractivity contribution in [2.45, 2.75) is 0 Å². The summed E-state index contributed by atoms with van der Waals surface area (Å²) >= 11 is 1.77. The Bertz CT molecular complexity index is 3460. The van der Waals surface area contributed by atoms with Gasteiger partial charge in [0.1, 0.15) is 4.83 Å². The van der Waals surface area contributed by atoms with E-state index in [1.165, 1.54) is 42.7 Å². The monoisotopic (exact) mass is 746 g/mol. The molecular formula is C50H30N6S. The summed E-state index contributed by atoms with van der Waals surface area (Å²) in [5.74, 6) is 1.89. The zero-order valence-corrected chi connectivity index (χ0v) is 31.2. The first kappa shape index (κ1) is 31.8. The summed E-state index contributed by atoms with van der Waals surface area (Å²) in [5.41, 5.74) is 9.58. The van der Waals surface area contributed by atoms with E-state index in [-0.39, 0.29) is 0 Å². The Hall–Kier alpha value is -7.48. The number of benzene rings is 7. The first-order valence-electron chi connectivity index (χ1n) is 19.0. The van der Waals surface area contributed by atoms with Gasteiger partial charge < -0.3 is 9.13 Å². The summed E-state index contributed by atoms with van der Waals surface area (Å²) in [4.78, 5) is 21.1. The van der Waals surface area contributed by atoms with E-state index in [9.17, 15) is 0 Å². The molecule has 0 atom stereocenters. The molecule has 7 aromatic carbocycles. The maximum atomic E-state index is 5.09. The van der Waals surface area contributed by atoms with Gasteiger partial charge in [-0.25, -0.2) is 19.9 Å². The van der Waals surface area contributed by atoms with Crippen LogP contribution in [0.1, 0.15) is 0 Å². The van der Waals surface area contributed by atoms with Crippen molar-refractivity contribution in [3.05, 3.63) is 182 Å². The summed E-state index contributed by atoms with van der Waals surface area (Å²) in [6.07, 6.45) is 1.90. The number of nitrogens with zero attached hydrogens (tertiary/aromatic N) is 6. The lowest BCUT2D eigenvalue weighted by molar-refractivity contribution is 1.07. The van der Waals surface area contributed by atoms with Crippen LogP contribution < -0.4 is 0 Å². The molecule has 0 aliphatic carbocycles. The Morgan fingerprint density at radius 2 is 0.895 bits per heavy atom. The molecule has 0 spiro atoms. The molecule has 0 fully saturated rings. The van der Waals surface area contributed by atoms with Crippen LogP contribution >= 0.6 is 11.3 Å². The molecular weight excluding hydrogens is 717 g/mol. The van der Waals surface area contributed by atoms with Crippen molar-refractivity contribution < 1.29 is 0 Å². The maximum absolute atomic E-state index is 5.09. The summed E-state index contributed by atoms with van der Waals surface area (Å²) < 4.78 is 6.11. The van der Waals surface area contributed by atoms with Crippen molar-refractivity contribution in [3.8, 4) is 45.5 Å². The summed E-state index contributed by atoms with van der Waals surface area (Å²) in [6, 6.07) is 61.5. The number of thiophene rings is 1. The van der Waals surface area contributed by atoms with E-state index in [4.69, 9.17) is 19.9 Å². The topological polar surface area (TPSA) is 61.4 Å². The molecule has 12 aromatic rings. The largest absolute Gasteiger partial charge is 0.309 e. The van der Waals surface area contributed by atoms with Crippen molar-refractivity contribution in [2.75, 3.05) is 0 Å². The number of aromatic nitrogens is 6. The van der Waals surface area contributed by atoms with E-state index >= 15 is 0 Å². The first-order chi connectivity index (χ1) is 28.3. The van der Waals surface area contributed by atoms with Gasteiger partial charge in [0.25, 0.3) is 0 Å². The van der Waals surface area contributed by atoms with Gasteiger partial charge in [0, 0.05) is 66.6 Å². The zero-order chi connectivity index (χ0) is 37.5.